The molecule has 0 spiro atoms. The van der Waals surface area contributed by atoms with Crippen LogP contribution in [0.2, 0.25) is 0 Å². The maximum absolute atomic E-state index is 3.98. The van der Waals surface area contributed by atoms with Crippen LogP contribution in [-0.2, 0) is 0 Å². The van der Waals surface area contributed by atoms with Crippen LogP contribution in [0.3, 0.4) is 0 Å². The van der Waals surface area contributed by atoms with Gasteiger partial charge in [-0.15, -0.1) is 0 Å². The molecule has 9 heavy (non-hydrogen) atoms. The average Bonchev–Trinajstić information content (AvgIpc) is 1.69. The Kier molecular flexibility index (Phi) is 8.41. The number of nitrogens with zero attached hydrogens (tertiary/aromatic N) is 1. The van der Waals surface area contributed by atoms with E-state index in [1.807, 2.05) is 25.1 Å². The topological polar surface area (TPSA) is 12.9 Å². The van der Waals surface area contributed by atoms with E-state index in [0.29, 0.717) is 0 Å². The van der Waals surface area contributed by atoms with Crippen molar-refractivity contribution in [1.82, 2.24) is 4.98 Å². The van der Waals surface area contributed by atoms with Crippen LogP contribution in [0.4, 0.5) is 0 Å². The third-order valence-electron chi connectivity index (χ3n) is 0.813. The van der Waals surface area contributed by atoms with E-state index in [0.717, 1.165) is 5.69 Å². The third kappa shape index (κ3) is 4.70. The van der Waals surface area contributed by atoms with Gasteiger partial charge in [0.1, 0.15) is 0 Å². The summed E-state index contributed by atoms with van der Waals surface area (Å²) in [7, 11) is 0. The summed E-state index contributed by atoms with van der Waals surface area (Å²) in [5, 5.41) is 0. The molecule has 1 nitrogen and oxygen atoms in total. The van der Waals surface area contributed by atoms with Gasteiger partial charge in [0.15, 0.2) is 0 Å². The molecule has 0 aromatic carbocycles. The van der Waals surface area contributed by atoms with Crippen LogP contribution in [0.1, 0.15) is 5.69 Å². The Morgan fingerprint density at radius 3 is 2.22 bits per heavy atom. The van der Waals surface area contributed by atoms with Gasteiger partial charge in [0.05, 0.1) is 8.41 Å². The molecule has 1 aromatic rings. The predicted molar refractivity (Wildman–Crippen MR) is 46.1 cm³/mol. The summed E-state index contributed by atoms with van der Waals surface area (Å²) < 4.78 is 0. The van der Waals surface area contributed by atoms with Gasteiger partial charge in [0.2, 0.25) is 0 Å². The Hall–Kier alpha value is 0.215. The van der Waals surface area contributed by atoms with Crippen molar-refractivity contribution in [3.8, 4) is 0 Å². The van der Waals surface area contributed by atoms with Gasteiger partial charge in [0.25, 0.3) is 0 Å². The van der Waals surface area contributed by atoms with Gasteiger partial charge in [-0.1, -0.05) is 6.07 Å². The van der Waals surface area contributed by atoms with E-state index in [1.54, 1.807) is 6.20 Å². The Balaban J connectivity index is 0. The quantitative estimate of drug-likeness (QED) is 0.435. The van der Waals surface area contributed by atoms with Crippen molar-refractivity contribution < 1.29 is 0 Å². The zero-order valence-corrected chi connectivity index (χ0v) is 4.26. The molecular weight excluding hydrogens is 120 g/mol. The van der Waals surface area contributed by atoms with Crippen molar-refractivity contribution in [1.29, 1.82) is 0 Å². The predicted octanol–water partition coefficient (Wildman–Crippen LogP) is -0.442. The van der Waals surface area contributed by atoms with E-state index >= 15 is 0 Å². The molecule has 0 aliphatic rings. The second-order valence-electron chi connectivity index (χ2n) is 1.47. The van der Waals surface area contributed by atoms with Crippen molar-refractivity contribution in [2.45, 2.75) is 6.92 Å². The monoisotopic (exact) mass is 131 g/mol. The summed E-state index contributed by atoms with van der Waals surface area (Å²) in [5.41, 5.74) is 1.07. The van der Waals surface area contributed by atoms with Crippen LogP contribution in [0, 0.1) is 6.92 Å². The van der Waals surface area contributed by atoms with Crippen LogP contribution in [0.25, 0.3) is 0 Å². The molecule has 0 aliphatic heterocycles. The molecule has 1 aromatic heterocycles. The second kappa shape index (κ2) is 6.34. The van der Waals surface area contributed by atoms with Crippen LogP contribution in [-0.4, -0.2) is 43.0 Å². The minimum absolute atomic E-state index is 0. The fourth-order valence-electron chi connectivity index (χ4n) is 0.448. The Morgan fingerprint density at radius 2 is 2.00 bits per heavy atom. The average molecular weight is 131 g/mol. The molecule has 0 amide bonds. The molecule has 3 heteroatoms. The first-order chi connectivity index (χ1) is 3.39. The number of pyridine rings is 1. The van der Waals surface area contributed by atoms with Crippen LogP contribution in [0.15, 0.2) is 24.4 Å². The van der Waals surface area contributed by atoms with Gasteiger partial charge in [-0.3, -0.25) is 4.98 Å². The summed E-state index contributed by atoms with van der Waals surface area (Å²) >= 11 is 0. The zero-order chi connectivity index (χ0) is 5.11. The van der Waals surface area contributed by atoms with Crippen molar-refractivity contribution in [2.75, 3.05) is 0 Å². The number of hydrogen-bond acceptors (Lipinski definition) is 1. The Morgan fingerprint density at radius 1 is 1.33 bits per heavy atom. The summed E-state index contributed by atoms with van der Waals surface area (Å²) in [6, 6.07) is 5.86. The van der Waals surface area contributed by atoms with Crippen LogP contribution in [0.5, 0.6) is 0 Å². The summed E-state index contributed by atoms with van der Waals surface area (Å²) in [4.78, 5) is 3.98. The van der Waals surface area contributed by atoms with Crippen molar-refractivity contribution in [3.05, 3.63) is 30.1 Å². The van der Waals surface area contributed by atoms with Crippen molar-refractivity contribution in [3.63, 3.8) is 0 Å². The number of rotatable bonds is 0. The molecule has 0 fully saturated rings. The SMILES string of the molecule is B.Cc1ccccn1.[NaH]. The van der Waals surface area contributed by atoms with Gasteiger partial charge in [-0.25, -0.2) is 0 Å². The first-order valence-electron chi connectivity index (χ1n) is 2.27. The van der Waals surface area contributed by atoms with E-state index < -0.39 is 0 Å². The molecule has 1 rings (SSSR count). The van der Waals surface area contributed by atoms with Gasteiger partial charge in [-0.05, 0) is 19.1 Å². The zero-order valence-electron chi connectivity index (χ0n) is 4.26. The second-order valence-corrected chi connectivity index (χ2v) is 1.47. The van der Waals surface area contributed by atoms with Crippen molar-refractivity contribution in [2.24, 2.45) is 0 Å². The van der Waals surface area contributed by atoms with E-state index in [-0.39, 0.29) is 38.0 Å². The minimum atomic E-state index is 0. The van der Waals surface area contributed by atoms with Crippen LogP contribution < -0.4 is 0 Å². The van der Waals surface area contributed by atoms with Crippen molar-refractivity contribution >= 4 is 38.0 Å². The van der Waals surface area contributed by atoms with Gasteiger partial charge in [-0.2, -0.15) is 0 Å². The summed E-state index contributed by atoms with van der Waals surface area (Å²) in [6.07, 6.45) is 1.79. The number of hydrogen-bond donors (Lipinski definition) is 0. The Labute approximate surface area is 79.8 Å². The Bertz CT molecular complexity index is 143. The molecule has 1 heterocycles. The molecule has 0 unspecified atom stereocenters. The van der Waals surface area contributed by atoms with E-state index in [2.05, 4.69) is 4.98 Å². The van der Waals surface area contributed by atoms with E-state index in [4.69, 9.17) is 0 Å². The molecule has 0 radical (unpaired) electrons. The third-order valence-corrected chi connectivity index (χ3v) is 0.813. The van der Waals surface area contributed by atoms with E-state index in [1.165, 1.54) is 0 Å². The molecule has 0 bridgehead atoms. The molecule has 0 saturated carbocycles. The molecule has 0 N–H and O–H groups in total. The summed E-state index contributed by atoms with van der Waals surface area (Å²) in [5.74, 6) is 0. The van der Waals surface area contributed by atoms with Gasteiger partial charge >= 0.3 is 29.6 Å². The molecule has 0 aliphatic carbocycles. The summed E-state index contributed by atoms with van der Waals surface area (Å²) in [6.45, 7) is 1.97. The molecule has 44 valence electrons. The number of aryl methyl sites for hydroxylation is 1. The normalized spacial score (nSPS) is 6.78. The van der Waals surface area contributed by atoms with Gasteiger partial charge in [0, 0.05) is 11.9 Å². The first kappa shape index (κ1) is 11.9. The maximum atomic E-state index is 3.98. The first-order valence-corrected chi connectivity index (χ1v) is 2.27. The molecule has 0 saturated heterocycles. The molecular formula is C6H11BNNa. The number of aromatic nitrogens is 1. The fraction of sp³-hybridized carbons (Fsp3) is 0.167. The molecule has 0 atom stereocenters. The van der Waals surface area contributed by atoms with Gasteiger partial charge < -0.3 is 0 Å². The van der Waals surface area contributed by atoms with E-state index in [9.17, 15) is 0 Å². The standard InChI is InChI=1S/C6H7N.BH3.Na.H/c1-6-4-2-3-5-7-6;;;/h2-5H,1H3;1H3;;. The fourth-order valence-corrected chi connectivity index (χ4v) is 0.448. The van der Waals surface area contributed by atoms with Crippen LogP contribution >= 0.6 is 0 Å².